The van der Waals surface area contributed by atoms with Crippen molar-refractivity contribution in [3.63, 3.8) is 0 Å². The lowest BCUT2D eigenvalue weighted by Crippen LogP contribution is -2.04. The fraction of sp³-hybridized carbons (Fsp3) is 0.200. The number of benzene rings is 1. The van der Waals surface area contributed by atoms with Gasteiger partial charge < -0.3 is 14.2 Å². The van der Waals surface area contributed by atoms with Gasteiger partial charge >= 0.3 is 5.97 Å². The summed E-state index contributed by atoms with van der Waals surface area (Å²) in [6.45, 7) is 1.93. The number of hydrogen-bond donors (Lipinski definition) is 0. The standard InChI is InChI=1S/C15H14O5/c1-3-19-15(17)9-14-12(16)8-13(20-14)10-4-6-11(18-2)7-5-10/h4-9H,3H2,1-2H3. The number of esters is 1. The van der Waals surface area contributed by atoms with Crippen molar-refractivity contribution in [1.82, 2.24) is 0 Å². The molecule has 20 heavy (non-hydrogen) atoms. The van der Waals surface area contributed by atoms with Gasteiger partial charge in [0, 0.05) is 11.6 Å². The van der Waals surface area contributed by atoms with Crippen LogP contribution in [0.1, 0.15) is 12.5 Å². The van der Waals surface area contributed by atoms with E-state index < -0.39 is 5.97 Å². The van der Waals surface area contributed by atoms with Crippen LogP contribution in [0.4, 0.5) is 0 Å². The van der Waals surface area contributed by atoms with Gasteiger partial charge in [0.15, 0.2) is 5.76 Å². The number of ketones is 1. The molecule has 2 rings (SSSR count). The molecule has 5 heteroatoms. The van der Waals surface area contributed by atoms with Gasteiger partial charge in [-0.3, -0.25) is 4.79 Å². The lowest BCUT2D eigenvalue weighted by Gasteiger charge is -2.05. The highest BCUT2D eigenvalue weighted by molar-refractivity contribution is 6.12. The number of hydrogen-bond acceptors (Lipinski definition) is 5. The van der Waals surface area contributed by atoms with Crippen molar-refractivity contribution in [3.8, 4) is 5.75 Å². The van der Waals surface area contributed by atoms with Crippen LogP contribution in [-0.4, -0.2) is 25.5 Å². The van der Waals surface area contributed by atoms with E-state index in [1.807, 2.05) is 0 Å². The van der Waals surface area contributed by atoms with Crippen molar-refractivity contribution in [1.29, 1.82) is 0 Å². The third kappa shape index (κ3) is 3.06. The molecule has 0 N–H and O–H groups in total. The number of rotatable bonds is 4. The van der Waals surface area contributed by atoms with Crippen LogP contribution in [-0.2, 0) is 19.1 Å². The van der Waals surface area contributed by atoms with Crippen LogP contribution in [0.3, 0.4) is 0 Å². The fourth-order valence-electron chi connectivity index (χ4n) is 1.68. The molecule has 0 aliphatic carbocycles. The normalized spacial score (nSPS) is 15.8. The molecule has 1 aromatic carbocycles. The average molecular weight is 274 g/mol. The topological polar surface area (TPSA) is 61.8 Å². The zero-order chi connectivity index (χ0) is 14.5. The van der Waals surface area contributed by atoms with Crippen LogP contribution in [0.2, 0.25) is 0 Å². The van der Waals surface area contributed by atoms with Crippen LogP contribution in [0.5, 0.6) is 5.75 Å². The molecule has 0 spiro atoms. The largest absolute Gasteiger partial charge is 0.497 e. The molecule has 0 amide bonds. The van der Waals surface area contributed by atoms with E-state index in [4.69, 9.17) is 14.2 Å². The Morgan fingerprint density at radius 3 is 2.60 bits per heavy atom. The number of ether oxygens (including phenoxy) is 3. The van der Waals surface area contributed by atoms with Crippen molar-refractivity contribution < 1.29 is 23.8 Å². The maximum absolute atomic E-state index is 11.7. The Bertz CT molecular complexity index is 581. The number of carbonyl (C=O) groups is 2. The summed E-state index contributed by atoms with van der Waals surface area (Å²) in [5.74, 6) is 0.118. The van der Waals surface area contributed by atoms with Gasteiger partial charge in [-0.05, 0) is 31.2 Å². The lowest BCUT2D eigenvalue weighted by atomic mass is 10.1. The minimum absolute atomic E-state index is 0.0331. The second kappa shape index (κ2) is 6.06. The van der Waals surface area contributed by atoms with Crippen LogP contribution in [0.25, 0.3) is 5.76 Å². The molecule has 0 bridgehead atoms. The van der Waals surface area contributed by atoms with Gasteiger partial charge in [-0.2, -0.15) is 0 Å². The van der Waals surface area contributed by atoms with E-state index in [2.05, 4.69) is 0 Å². The van der Waals surface area contributed by atoms with E-state index in [0.29, 0.717) is 11.5 Å². The first kappa shape index (κ1) is 13.9. The van der Waals surface area contributed by atoms with Gasteiger partial charge in [-0.15, -0.1) is 0 Å². The molecule has 1 aliphatic rings. The first-order valence-electron chi connectivity index (χ1n) is 6.10. The van der Waals surface area contributed by atoms with E-state index in [9.17, 15) is 9.59 Å². The summed E-state index contributed by atoms with van der Waals surface area (Å²) in [6, 6.07) is 7.06. The van der Waals surface area contributed by atoms with Gasteiger partial charge in [0.25, 0.3) is 0 Å². The predicted molar refractivity (Wildman–Crippen MR) is 71.8 cm³/mol. The van der Waals surface area contributed by atoms with Crippen LogP contribution in [0, 0.1) is 0 Å². The van der Waals surface area contributed by atoms with E-state index >= 15 is 0 Å². The molecule has 1 heterocycles. The molecule has 1 aliphatic heterocycles. The van der Waals surface area contributed by atoms with Gasteiger partial charge in [-0.25, -0.2) is 4.79 Å². The molecule has 0 saturated carbocycles. The molecule has 0 atom stereocenters. The highest BCUT2D eigenvalue weighted by Crippen LogP contribution is 2.27. The maximum atomic E-state index is 11.7. The molecule has 0 unspecified atom stereocenters. The number of methoxy groups -OCH3 is 1. The molecule has 1 aromatic rings. The zero-order valence-electron chi connectivity index (χ0n) is 11.2. The third-order valence-corrected chi connectivity index (χ3v) is 2.64. The molecule has 5 nitrogen and oxygen atoms in total. The Morgan fingerprint density at radius 1 is 1.30 bits per heavy atom. The first-order chi connectivity index (χ1) is 9.63. The van der Waals surface area contributed by atoms with E-state index in [1.165, 1.54) is 6.08 Å². The Kier molecular flexibility index (Phi) is 4.20. The number of allylic oxidation sites excluding steroid dienone is 1. The van der Waals surface area contributed by atoms with Gasteiger partial charge in [-0.1, -0.05) is 0 Å². The summed E-state index contributed by atoms with van der Waals surface area (Å²) >= 11 is 0. The molecular weight excluding hydrogens is 260 g/mol. The smallest absolute Gasteiger partial charge is 0.334 e. The third-order valence-electron chi connectivity index (χ3n) is 2.64. The van der Waals surface area contributed by atoms with E-state index in [1.54, 1.807) is 38.3 Å². The van der Waals surface area contributed by atoms with E-state index in [0.717, 1.165) is 11.6 Å². The van der Waals surface area contributed by atoms with Crippen molar-refractivity contribution in [3.05, 3.63) is 47.7 Å². The Hall–Kier alpha value is -2.56. The summed E-state index contributed by atoms with van der Waals surface area (Å²) < 4.78 is 15.2. The molecule has 0 saturated heterocycles. The Morgan fingerprint density at radius 2 is 2.00 bits per heavy atom. The van der Waals surface area contributed by atoms with Crippen molar-refractivity contribution >= 4 is 17.5 Å². The highest BCUT2D eigenvalue weighted by atomic mass is 16.5. The molecule has 0 fully saturated rings. The van der Waals surface area contributed by atoms with Gasteiger partial charge in [0.1, 0.15) is 11.5 Å². The van der Waals surface area contributed by atoms with Crippen molar-refractivity contribution in [2.24, 2.45) is 0 Å². The van der Waals surface area contributed by atoms with Crippen LogP contribution < -0.4 is 4.74 Å². The molecule has 0 radical (unpaired) electrons. The molecular formula is C15H14O5. The van der Waals surface area contributed by atoms with Crippen LogP contribution in [0.15, 0.2) is 42.2 Å². The maximum Gasteiger partial charge on any atom is 0.334 e. The summed E-state index contributed by atoms with van der Waals surface area (Å²) in [5.41, 5.74) is 0.728. The SMILES string of the molecule is CCOC(=O)C=C1OC(c2ccc(OC)cc2)=CC1=O. The van der Waals surface area contributed by atoms with Crippen molar-refractivity contribution in [2.75, 3.05) is 13.7 Å². The van der Waals surface area contributed by atoms with Crippen molar-refractivity contribution in [2.45, 2.75) is 6.92 Å². The monoisotopic (exact) mass is 274 g/mol. The molecule has 0 aromatic heterocycles. The second-order valence-electron chi connectivity index (χ2n) is 3.96. The molecule has 104 valence electrons. The van der Waals surface area contributed by atoms with Gasteiger partial charge in [0.2, 0.25) is 5.78 Å². The highest BCUT2D eigenvalue weighted by Gasteiger charge is 2.23. The fourth-order valence-corrected chi connectivity index (χ4v) is 1.68. The zero-order valence-corrected chi connectivity index (χ0v) is 11.2. The minimum atomic E-state index is -0.597. The first-order valence-corrected chi connectivity index (χ1v) is 6.10. The summed E-state index contributed by atoms with van der Waals surface area (Å²) in [5, 5.41) is 0. The predicted octanol–water partition coefficient (Wildman–Crippen LogP) is 2.08. The van der Waals surface area contributed by atoms with E-state index in [-0.39, 0.29) is 18.1 Å². The summed E-state index contributed by atoms with van der Waals surface area (Å²) in [4.78, 5) is 23.0. The number of carbonyl (C=O) groups excluding carboxylic acids is 2. The minimum Gasteiger partial charge on any atom is -0.497 e. The average Bonchev–Trinajstić information content (AvgIpc) is 2.80. The Balaban J connectivity index is 2.14. The Labute approximate surface area is 116 Å². The lowest BCUT2D eigenvalue weighted by molar-refractivity contribution is -0.137. The summed E-state index contributed by atoms with van der Waals surface area (Å²) in [7, 11) is 1.57. The second-order valence-corrected chi connectivity index (χ2v) is 3.96. The van der Waals surface area contributed by atoms with Gasteiger partial charge in [0.05, 0.1) is 19.8 Å². The van der Waals surface area contributed by atoms with Crippen LogP contribution >= 0.6 is 0 Å². The summed E-state index contributed by atoms with van der Waals surface area (Å²) in [6.07, 6.45) is 2.39. The quantitative estimate of drug-likeness (QED) is 0.621.